The molecule has 3 N–H and O–H groups in total. The molecule has 1 fully saturated rings. The molecule has 34 heavy (non-hydrogen) atoms. The number of nitrogens with zero attached hydrogens (tertiary/aromatic N) is 3. The highest BCUT2D eigenvalue weighted by Crippen LogP contribution is 2.31. The number of aliphatic hydroxyl groups is 1. The van der Waals surface area contributed by atoms with Crippen molar-refractivity contribution < 1.29 is 19.1 Å². The normalized spacial score (nSPS) is 18.3. The van der Waals surface area contributed by atoms with Crippen LogP contribution in [0.4, 0.5) is 10.1 Å². The van der Waals surface area contributed by atoms with E-state index in [9.17, 15) is 14.0 Å². The zero-order chi connectivity index (χ0) is 24.2. The summed E-state index contributed by atoms with van der Waals surface area (Å²) in [6.45, 7) is 3.56. The Morgan fingerprint density at radius 2 is 2.00 bits per heavy atom. The Morgan fingerprint density at radius 3 is 2.68 bits per heavy atom. The van der Waals surface area contributed by atoms with E-state index in [0.717, 1.165) is 25.7 Å². The summed E-state index contributed by atoms with van der Waals surface area (Å²) < 4.78 is 15.9. The number of Topliss-reactive ketones (excluding diaryl/α,β-unsaturated/α-hetero) is 1. The van der Waals surface area contributed by atoms with Crippen LogP contribution in [0.1, 0.15) is 56.3 Å². The molecule has 3 heterocycles. The van der Waals surface area contributed by atoms with E-state index in [0.29, 0.717) is 34.3 Å². The summed E-state index contributed by atoms with van der Waals surface area (Å²) in [6.07, 6.45) is 9.62. The maximum atomic E-state index is 14.3. The van der Waals surface area contributed by atoms with Gasteiger partial charge in [0, 0.05) is 42.0 Å². The van der Waals surface area contributed by atoms with Gasteiger partial charge in [-0.15, -0.1) is 0 Å². The maximum Gasteiger partial charge on any atom is 0.255 e. The number of aromatic nitrogens is 3. The van der Waals surface area contributed by atoms with Gasteiger partial charge in [0.25, 0.3) is 5.91 Å². The number of carbonyl (C=O) groups is 2. The van der Waals surface area contributed by atoms with Crippen molar-refractivity contribution >= 4 is 22.9 Å². The number of aliphatic hydroxyl groups excluding tert-OH is 1. The minimum atomic E-state index is -0.425. The molecule has 0 unspecified atom stereocenters. The second kappa shape index (κ2) is 10.3. The predicted molar refractivity (Wildman–Crippen MR) is 127 cm³/mol. The molecule has 0 radical (unpaired) electrons. The molecule has 3 aromatic rings. The SMILES string of the molecule is CC(C)Nc1c(C(=O)NC2CCC(CC(=O)CO)CC2)cnn2cc(-c3ccncc3F)cc12. The third-order valence-electron chi connectivity index (χ3n) is 6.27. The minimum absolute atomic E-state index is 0.0179. The molecule has 4 rings (SSSR count). The lowest BCUT2D eigenvalue weighted by atomic mass is 9.83. The summed E-state index contributed by atoms with van der Waals surface area (Å²) in [4.78, 5) is 28.6. The van der Waals surface area contributed by atoms with Gasteiger partial charge in [0.15, 0.2) is 5.78 Å². The number of pyridine rings is 1. The van der Waals surface area contributed by atoms with Gasteiger partial charge >= 0.3 is 0 Å². The van der Waals surface area contributed by atoms with Crippen molar-refractivity contribution in [2.75, 3.05) is 11.9 Å². The van der Waals surface area contributed by atoms with E-state index in [1.54, 1.807) is 16.8 Å². The Morgan fingerprint density at radius 1 is 1.24 bits per heavy atom. The summed E-state index contributed by atoms with van der Waals surface area (Å²) in [5.41, 5.74) is 2.81. The van der Waals surface area contributed by atoms with Crippen LogP contribution in [-0.4, -0.2) is 50.1 Å². The molecule has 0 bridgehead atoms. The van der Waals surface area contributed by atoms with E-state index in [4.69, 9.17) is 5.11 Å². The highest BCUT2D eigenvalue weighted by molar-refractivity contribution is 6.03. The van der Waals surface area contributed by atoms with Crippen molar-refractivity contribution in [3.8, 4) is 11.1 Å². The highest BCUT2D eigenvalue weighted by Gasteiger charge is 2.26. The maximum absolute atomic E-state index is 14.3. The molecular weight excluding hydrogens is 437 g/mol. The fraction of sp³-hybridized carbons (Fsp3) is 0.440. The second-order valence-electron chi connectivity index (χ2n) is 9.24. The Hall–Kier alpha value is -3.33. The molecule has 1 amide bonds. The first kappa shape index (κ1) is 23.8. The highest BCUT2D eigenvalue weighted by atomic mass is 19.1. The Bertz CT molecular complexity index is 1180. The smallest absolute Gasteiger partial charge is 0.255 e. The summed E-state index contributed by atoms with van der Waals surface area (Å²) in [6, 6.07) is 3.51. The summed E-state index contributed by atoms with van der Waals surface area (Å²) in [7, 11) is 0. The first-order valence-electron chi connectivity index (χ1n) is 11.7. The fourth-order valence-electron chi connectivity index (χ4n) is 4.59. The van der Waals surface area contributed by atoms with Crippen LogP contribution in [-0.2, 0) is 4.79 Å². The number of halogens is 1. The number of carbonyl (C=O) groups excluding carboxylic acids is 2. The van der Waals surface area contributed by atoms with Crippen molar-refractivity contribution in [1.82, 2.24) is 19.9 Å². The van der Waals surface area contributed by atoms with Gasteiger partial charge in [0.1, 0.15) is 12.4 Å². The standard InChI is InChI=1S/C25H30FN5O3/c1-15(2)29-24-21(25(34)30-18-5-3-16(4-6-18)9-19(33)14-32)11-28-31-13-17(10-23(24)31)20-7-8-27-12-22(20)26/h7-8,10-13,15-16,18,29,32H,3-6,9,14H2,1-2H3,(H,30,34). The van der Waals surface area contributed by atoms with E-state index in [1.807, 2.05) is 19.9 Å². The quantitative estimate of drug-likeness (QED) is 0.467. The van der Waals surface area contributed by atoms with Crippen molar-refractivity contribution in [2.45, 2.75) is 58.0 Å². The summed E-state index contributed by atoms with van der Waals surface area (Å²) in [5, 5.41) is 19.9. The first-order chi connectivity index (χ1) is 16.4. The third-order valence-corrected chi connectivity index (χ3v) is 6.27. The van der Waals surface area contributed by atoms with Crippen LogP contribution < -0.4 is 10.6 Å². The molecule has 0 aliphatic heterocycles. The van der Waals surface area contributed by atoms with Crippen LogP contribution in [0.2, 0.25) is 0 Å². The van der Waals surface area contributed by atoms with Gasteiger partial charge in [-0.3, -0.25) is 14.6 Å². The van der Waals surface area contributed by atoms with Gasteiger partial charge in [-0.1, -0.05) is 0 Å². The van der Waals surface area contributed by atoms with Gasteiger partial charge in [0.2, 0.25) is 0 Å². The van der Waals surface area contributed by atoms with Gasteiger partial charge in [-0.25, -0.2) is 8.91 Å². The minimum Gasteiger partial charge on any atom is -0.389 e. The number of nitrogens with one attached hydrogen (secondary N) is 2. The monoisotopic (exact) mass is 467 g/mol. The van der Waals surface area contributed by atoms with Gasteiger partial charge in [-0.05, 0) is 57.6 Å². The van der Waals surface area contributed by atoms with Crippen molar-refractivity contribution in [3.05, 3.63) is 48.3 Å². The largest absolute Gasteiger partial charge is 0.389 e. The van der Waals surface area contributed by atoms with Crippen molar-refractivity contribution in [1.29, 1.82) is 0 Å². The zero-order valence-electron chi connectivity index (χ0n) is 19.4. The van der Waals surface area contributed by atoms with Crippen LogP contribution in [0.25, 0.3) is 16.6 Å². The van der Waals surface area contributed by atoms with Crippen LogP contribution in [0.3, 0.4) is 0 Å². The molecule has 180 valence electrons. The average Bonchev–Trinajstić information content (AvgIpc) is 3.25. The van der Waals surface area contributed by atoms with E-state index < -0.39 is 12.4 Å². The van der Waals surface area contributed by atoms with E-state index in [2.05, 4.69) is 20.7 Å². The molecule has 0 aromatic carbocycles. The molecule has 3 aromatic heterocycles. The lowest BCUT2D eigenvalue weighted by Gasteiger charge is -2.29. The summed E-state index contributed by atoms with van der Waals surface area (Å²) in [5.74, 6) is -0.511. The number of hydrogen-bond acceptors (Lipinski definition) is 6. The second-order valence-corrected chi connectivity index (χ2v) is 9.24. The van der Waals surface area contributed by atoms with Crippen molar-refractivity contribution in [2.24, 2.45) is 5.92 Å². The number of hydrogen-bond donors (Lipinski definition) is 3. The topological polar surface area (TPSA) is 109 Å². The number of ketones is 1. The predicted octanol–water partition coefficient (Wildman–Crippen LogP) is 3.60. The van der Waals surface area contributed by atoms with Gasteiger partial charge in [-0.2, -0.15) is 5.10 Å². The molecule has 0 atom stereocenters. The molecule has 0 spiro atoms. The van der Waals surface area contributed by atoms with E-state index >= 15 is 0 Å². The third kappa shape index (κ3) is 5.25. The Labute approximate surface area is 197 Å². The molecule has 1 aliphatic rings. The molecule has 1 saturated carbocycles. The van der Waals surface area contributed by atoms with Crippen LogP contribution >= 0.6 is 0 Å². The van der Waals surface area contributed by atoms with Crippen LogP contribution in [0, 0.1) is 11.7 Å². The van der Waals surface area contributed by atoms with Crippen LogP contribution in [0.5, 0.6) is 0 Å². The molecule has 8 nitrogen and oxygen atoms in total. The van der Waals surface area contributed by atoms with Crippen molar-refractivity contribution in [3.63, 3.8) is 0 Å². The number of fused-ring (bicyclic) bond motifs is 1. The number of anilines is 1. The zero-order valence-corrected chi connectivity index (χ0v) is 19.4. The van der Waals surface area contributed by atoms with Crippen LogP contribution in [0.15, 0.2) is 36.9 Å². The van der Waals surface area contributed by atoms with E-state index in [-0.39, 0.29) is 29.7 Å². The van der Waals surface area contributed by atoms with Gasteiger partial charge in [0.05, 0.1) is 29.2 Å². The molecule has 9 heteroatoms. The Balaban J connectivity index is 1.56. The molecule has 0 saturated heterocycles. The summed E-state index contributed by atoms with van der Waals surface area (Å²) >= 11 is 0. The number of rotatable bonds is 8. The number of amides is 1. The van der Waals surface area contributed by atoms with Gasteiger partial charge < -0.3 is 15.7 Å². The first-order valence-corrected chi connectivity index (χ1v) is 11.7. The van der Waals surface area contributed by atoms with E-state index in [1.165, 1.54) is 18.6 Å². The lowest BCUT2D eigenvalue weighted by molar-refractivity contribution is -0.122. The Kier molecular flexibility index (Phi) is 7.21. The average molecular weight is 468 g/mol. The molecular formula is C25H30FN5O3. The lowest BCUT2D eigenvalue weighted by Crippen LogP contribution is -2.38. The molecule has 1 aliphatic carbocycles. The fourth-order valence-corrected chi connectivity index (χ4v) is 4.59.